The fourth-order valence-corrected chi connectivity index (χ4v) is 1.77. The van der Waals surface area contributed by atoms with Crippen molar-refractivity contribution < 1.29 is 19.4 Å². The molecule has 5 heteroatoms. The van der Waals surface area contributed by atoms with Crippen molar-refractivity contribution in [1.29, 1.82) is 0 Å². The molecule has 0 aliphatic carbocycles. The maximum atomic E-state index is 13.5. The predicted molar refractivity (Wildman–Crippen MR) is 71.8 cm³/mol. The summed E-state index contributed by atoms with van der Waals surface area (Å²) in [5.41, 5.74) is 0.488. The number of benzene rings is 2. The standard InChI is InChI=1S/C15H14FNO3/c16-13-8-11(18)6-7-12(13)15(20)17-9-14(19)10-4-2-1-3-5-10/h1-8,14,18-19H,9H2,(H,17,20). The Hall–Kier alpha value is -2.40. The molecule has 0 radical (unpaired) electrons. The lowest BCUT2D eigenvalue weighted by molar-refractivity contribution is 0.0912. The van der Waals surface area contributed by atoms with E-state index in [9.17, 15) is 14.3 Å². The molecule has 1 atom stereocenters. The lowest BCUT2D eigenvalue weighted by Gasteiger charge is -2.12. The Kier molecular flexibility index (Phi) is 4.32. The van der Waals surface area contributed by atoms with Crippen LogP contribution >= 0.6 is 0 Å². The van der Waals surface area contributed by atoms with E-state index in [-0.39, 0.29) is 17.9 Å². The van der Waals surface area contributed by atoms with Crippen molar-refractivity contribution in [3.63, 3.8) is 0 Å². The quantitative estimate of drug-likeness (QED) is 0.799. The summed E-state index contributed by atoms with van der Waals surface area (Å²) in [6, 6.07) is 12.1. The molecule has 2 rings (SSSR count). The number of aliphatic hydroxyl groups excluding tert-OH is 1. The Morgan fingerprint density at radius 2 is 1.90 bits per heavy atom. The molecule has 20 heavy (non-hydrogen) atoms. The molecule has 2 aromatic rings. The minimum Gasteiger partial charge on any atom is -0.508 e. The van der Waals surface area contributed by atoms with E-state index < -0.39 is 17.8 Å². The van der Waals surface area contributed by atoms with Crippen molar-refractivity contribution in [2.75, 3.05) is 6.54 Å². The number of phenols is 1. The van der Waals surface area contributed by atoms with Crippen molar-refractivity contribution in [2.24, 2.45) is 0 Å². The number of halogens is 1. The third-order valence-electron chi connectivity index (χ3n) is 2.84. The zero-order chi connectivity index (χ0) is 14.5. The Morgan fingerprint density at radius 1 is 1.20 bits per heavy atom. The van der Waals surface area contributed by atoms with Gasteiger partial charge in [-0.25, -0.2) is 4.39 Å². The van der Waals surface area contributed by atoms with Crippen LogP contribution in [0.2, 0.25) is 0 Å². The highest BCUT2D eigenvalue weighted by molar-refractivity contribution is 5.94. The number of hydrogen-bond acceptors (Lipinski definition) is 3. The van der Waals surface area contributed by atoms with Gasteiger partial charge in [-0.15, -0.1) is 0 Å². The van der Waals surface area contributed by atoms with Gasteiger partial charge >= 0.3 is 0 Å². The molecule has 0 spiro atoms. The van der Waals surface area contributed by atoms with Crippen LogP contribution in [-0.2, 0) is 0 Å². The number of nitrogens with one attached hydrogen (secondary N) is 1. The lowest BCUT2D eigenvalue weighted by Crippen LogP contribution is -2.29. The van der Waals surface area contributed by atoms with Crippen molar-refractivity contribution in [2.45, 2.75) is 6.10 Å². The molecular formula is C15H14FNO3. The summed E-state index contributed by atoms with van der Waals surface area (Å²) in [4.78, 5) is 11.8. The van der Waals surface area contributed by atoms with Crippen LogP contribution in [0.4, 0.5) is 4.39 Å². The monoisotopic (exact) mass is 275 g/mol. The van der Waals surface area contributed by atoms with Gasteiger partial charge in [0.1, 0.15) is 11.6 Å². The Bertz CT molecular complexity index is 601. The highest BCUT2D eigenvalue weighted by atomic mass is 19.1. The van der Waals surface area contributed by atoms with Gasteiger partial charge in [-0.05, 0) is 17.7 Å². The smallest absolute Gasteiger partial charge is 0.254 e. The predicted octanol–water partition coefficient (Wildman–Crippen LogP) is 1.99. The molecule has 0 saturated carbocycles. The van der Waals surface area contributed by atoms with E-state index in [1.165, 1.54) is 12.1 Å². The van der Waals surface area contributed by atoms with Crippen molar-refractivity contribution in [3.05, 3.63) is 65.5 Å². The first kappa shape index (κ1) is 14.0. The molecule has 104 valence electrons. The zero-order valence-corrected chi connectivity index (χ0v) is 10.6. The van der Waals surface area contributed by atoms with Crippen molar-refractivity contribution in [1.82, 2.24) is 5.32 Å². The van der Waals surface area contributed by atoms with Crippen molar-refractivity contribution >= 4 is 5.91 Å². The summed E-state index contributed by atoms with van der Waals surface area (Å²) in [7, 11) is 0. The first-order chi connectivity index (χ1) is 9.58. The first-order valence-electron chi connectivity index (χ1n) is 6.07. The molecule has 0 bridgehead atoms. The average Bonchev–Trinajstić information content (AvgIpc) is 2.45. The highest BCUT2D eigenvalue weighted by Crippen LogP contribution is 2.15. The molecule has 4 nitrogen and oxygen atoms in total. The van der Waals surface area contributed by atoms with E-state index in [0.29, 0.717) is 5.56 Å². The number of aliphatic hydroxyl groups is 1. The van der Waals surface area contributed by atoms with Crippen LogP contribution in [-0.4, -0.2) is 22.7 Å². The second-order valence-electron chi connectivity index (χ2n) is 4.30. The fraction of sp³-hybridized carbons (Fsp3) is 0.133. The fourth-order valence-electron chi connectivity index (χ4n) is 1.77. The summed E-state index contributed by atoms with van der Waals surface area (Å²) >= 11 is 0. The topological polar surface area (TPSA) is 69.6 Å². The number of hydrogen-bond donors (Lipinski definition) is 3. The van der Waals surface area contributed by atoms with E-state index in [4.69, 9.17) is 5.11 Å². The maximum absolute atomic E-state index is 13.5. The third kappa shape index (κ3) is 3.33. The number of carbonyl (C=O) groups excluding carboxylic acids is 1. The Balaban J connectivity index is 1.99. The van der Waals surface area contributed by atoms with Crippen LogP contribution in [0.3, 0.4) is 0 Å². The van der Waals surface area contributed by atoms with E-state index in [0.717, 1.165) is 6.07 Å². The second kappa shape index (κ2) is 6.16. The number of amides is 1. The second-order valence-corrected chi connectivity index (χ2v) is 4.30. The van der Waals surface area contributed by atoms with Gasteiger partial charge in [0.2, 0.25) is 0 Å². The normalized spacial score (nSPS) is 11.9. The van der Waals surface area contributed by atoms with E-state index in [1.807, 2.05) is 6.07 Å². The van der Waals surface area contributed by atoms with Crippen LogP contribution in [0.15, 0.2) is 48.5 Å². The summed E-state index contributed by atoms with van der Waals surface area (Å²) in [6.07, 6.45) is -0.861. The van der Waals surface area contributed by atoms with Crippen LogP contribution in [0.25, 0.3) is 0 Å². The first-order valence-corrected chi connectivity index (χ1v) is 6.07. The summed E-state index contributed by atoms with van der Waals surface area (Å²) in [6.45, 7) is -0.0246. The molecule has 2 aromatic carbocycles. The molecule has 0 aliphatic rings. The van der Waals surface area contributed by atoms with Crippen molar-refractivity contribution in [3.8, 4) is 5.75 Å². The lowest BCUT2D eigenvalue weighted by atomic mass is 10.1. The SMILES string of the molecule is O=C(NCC(O)c1ccccc1)c1ccc(O)cc1F. The summed E-state index contributed by atoms with van der Waals surface area (Å²) in [5.74, 6) is -1.70. The molecule has 0 fully saturated rings. The van der Waals surface area contributed by atoms with Gasteiger partial charge in [0, 0.05) is 12.6 Å². The molecule has 0 aromatic heterocycles. The summed E-state index contributed by atoms with van der Waals surface area (Å²) < 4.78 is 13.5. The zero-order valence-electron chi connectivity index (χ0n) is 10.6. The van der Waals surface area contributed by atoms with Gasteiger partial charge in [-0.3, -0.25) is 4.79 Å². The molecule has 0 aliphatic heterocycles. The molecular weight excluding hydrogens is 261 g/mol. The average molecular weight is 275 g/mol. The van der Waals surface area contributed by atoms with Gasteiger partial charge in [0.05, 0.1) is 11.7 Å². The number of carbonyl (C=O) groups is 1. The molecule has 0 saturated heterocycles. The van der Waals surface area contributed by atoms with E-state index >= 15 is 0 Å². The Labute approximate surface area is 115 Å². The largest absolute Gasteiger partial charge is 0.508 e. The Morgan fingerprint density at radius 3 is 2.55 bits per heavy atom. The van der Waals surface area contributed by atoms with E-state index in [2.05, 4.69) is 5.32 Å². The van der Waals surface area contributed by atoms with Crippen LogP contribution in [0.5, 0.6) is 5.75 Å². The maximum Gasteiger partial charge on any atom is 0.254 e. The van der Waals surface area contributed by atoms with Gasteiger partial charge in [-0.1, -0.05) is 30.3 Å². The van der Waals surface area contributed by atoms with Gasteiger partial charge in [0.15, 0.2) is 0 Å². The third-order valence-corrected chi connectivity index (χ3v) is 2.84. The highest BCUT2D eigenvalue weighted by Gasteiger charge is 2.14. The van der Waals surface area contributed by atoms with Crippen LogP contribution in [0.1, 0.15) is 22.0 Å². The molecule has 1 amide bonds. The van der Waals surface area contributed by atoms with E-state index in [1.54, 1.807) is 24.3 Å². The van der Waals surface area contributed by atoms with Gasteiger partial charge in [-0.2, -0.15) is 0 Å². The minimum absolute atomic E-state index is 0.0246. The van der Waals surface area contributed by atoms with Crippen LogP contribution < -0.4 is 5.32 Å². The molecule has 0 heterocycles. The number of phenolic OH excluding ortho intramolecular Hbond substituents is 1. The molecule has 1 unspecified atom stereocenters. The molecule has 3 N–H and O–H groups in total. The minimum atomic E-state index is -0.861. The summed E-state index contributed by atoms with van der Waals surface area (Å²) in [5, 5.41) is 21.4. The van der Waals surface area contributed by atoms with Gasteiger partial charge in [0.25, 0.3) is 5.91 Å². The number of aromatic hydroxyl groups is 1. The van der Waals surface area contributed by atoms with Crippen LogP contribution in [0, 0.1) is 5.82 Å². The van der Waals surface area contributed by atoms with Gasteiger partial charge < -0.3 is 15.5 Å². The number of rotatable bonds is 4.